The van der Waals surface area contributed by atoms with E-state index in [4.69, 9.17) is 15.2 Å². The number of nitrogens with one attached hydrogen (secondary N) is 1. The summed E-state index contributed by atoms with van der Waals surface area (Å²) in [5.41, 5.74) is 4.46. The standard InChI is InChI=1S/C11H22N2O4/c1-4-16-6-5-11(2,3)17-8-10(15)13-7-9(12)14/h4-8H2,1-3H3,(H2,12,14)(H,13,15). The molecule has 0 spiro atoms. The second-order valence-corrected chi connectivity index (χ2v) is 4.24. The first-order valence-electron chi connectivity index (χ1n) is 5.64. The zero-order chi connectivity index (χ0) is 13.3. The summed E-state index contributed by atoms with van der Waals surface area (Å²) >= 11 is 0. The lowest BCUT2D eigenvalue weighted by atomic mass is 10.1. The van der Waals surface area contributed by atoms with Gasteiger partial charge in [0, 0.05) is 13.2 Å². The van der Waals surface area contributed by atoms with Crippen molar-refractivity contribution >= 4 is 11.8 Å². The number of primary amides is 1. The van der Waals surface area contributed by atoms with Gasteiger partial charge in [-0.1, -0.05) is 0 Å². The van der Waals surface area contributed by atoms with Gasteiger partial charge in [-0.25, -0.2) is 0 Å². The highest BCUT2D eigenvalue weighted by Crippen LogP contribution is 2.13. The van der Waals surface area contributed by atoms with E-state index in [0.717, 1.165) is 0 Å². The maximum absolute atomic E-state index is 11.2. The van der Waals surface area contributed by atoms with E-state index in [1.807, 2.05) is 20.8 Å². The van der Waals surface area contributed by atoms with E-state index < -0.39 is 11.5 Å². The largest absolute Gasteiger partial charge is 0.382 e. The maximum atomic E-state index is 11.2. The molecule has 0 aromatic carbocycles. The molecule has 0 aliphatic rings. The van der Waals surface area contributed by atoms with E-state index in [1.165, 1.54) is 0 Å². The average Bonchev–Trinajstić information content (AvgIpc) is 2.24. The highest BCUT2D eigenvalue weighted by Gasteiger charge is 2.19. The van der Waals surface area contributed by atoms with Gasteiger partial charge in [-0.2, -0.15) is 0 Å². The normalized spacial score (nSPS) is 11.2. The summed E-state index contributed by atoms with van der Waals surface area (Å²) in [5.74, 6) is -0.928. The van der Waals surface area contributed by atoms with E-state index in [1.54, 1.807) is 0 Å². The topological polar surface area (TPSA) is 90.7 Å². The minimum absolute atomic E-state index is 0.0909. The Morgan fingerprint density at radius 3 is 2.53 bits per heavy atom. The summed E-state index contributed by atoms with van der Waals surface area (Å²) in [6.07, 6.45) is 0.698. The Kier molecular flexibility index (Phi) is 7.49. The van der Waals surface area contributed by atoms with Crippen LogP contribution in [0.15, 0.2) is 0 Å². The molecule has 0 aliphatic carbocycles. The summed E-state index contributed by atoms with van der Waals surface area (Å²) in [6, 6.07) is 0. The smallest absolute Gasteiger partial charge is 0.246 e. The third kappa shape index (κ3) is 9.77. The van der Waals surface area contributed by atoms with Gasteiger partial charge < -0.3 is 20.5 Å². The summed E-state index contributed by atoms with van der Waals surface area (Å²) in [5, 5.41) is 2.35. The fourth-order valence-corrected chi connectivity index (χ4v) is 1.03. The van der Waals surface area contributed by atoms with Crippen LogP contribution in [0.3, 0.4) is 0 Å². The average molecular weight is 246 g/mol. The lowest BCUT2D eigenvalue weighted by Gasteiger charge is -2.24. The van der Waals surface area contributed by atoms with Gasteiger partial charge in [0.2, 0.25) is 11.8 Å². The van der Waals surface area contributed by atoms with Crippen LogP contribution in [0.5, 0.6) is 0 Å². The first kappa shape index (κ1) is 15.9. The Labute approximate surface area is 102 Å². The van der Waals surface area contributed by atoms with Crippen LogP contribution >= 0.6 is 0 Å². The second kappa shape index (κ2) is 8.03. The molecule has 6 nitrogen and oxygen atoms in total. The number of amides is 2. The molecule has 6 heteroatoms. The number of rotatable bonds is 9. The first-order chi connectivity index (χ1) is 7.87. The van der Waals surface area contributed by atoms with Crippen LogP contribution in [-0.2, 0) is 19.1 Å². The van der Waals surface area contributed by atoms with E-state index in [9.17, 15) is 9.59 Å². The molecule has 0 aliphatic heterocycles. The summed E-state index contributed by atoms with van der Waals surface area (Å²) in [4.78, 5) is 21.7. The Bertz CT molecular complexity index is 254. The van der Waals surface area contributed by atoms with Gasteiger partial charge in [-0.3, -0.25) is 9.59 Å². The van der Waals surface area contributed by atoms with E-state index in [2.05, 4.69) is 5.32 Å². The predicted molar refractivity (Wildman–Crippen MR) is 63.3 cm³/mol. The lowest BCUT2D eigenvalue weighted by Crippen LogP contribution is -2.38. The van der Waals surface area contributed by atoms with Crippen LogP contribution in [0.1, 0.15) is 27.2 Å². The maximum Gasteiger partial charge on any atom is 0.246 e. The molecule has 0 rings (SSSR count). The van der Waals surface area contributed by atoms with Crippen LogP contribution < -0.4 is 11.1 Å². The highest BCUT2D eigenvalue weighted by molar-refractivity contribution is 5.84. The Morgan fingerprint density at radius 2 is 2.00 bits per heavy atom. The third-order valence-electron chi connectivity index (χ3n) is 2.11. The van der Waals surface area contributed by atoms with Gasteiger partial charge in [0.1, 0.15) is 6.61 Å². The molecule has 0 aromatic rings. The fourth-order valence-electron chi connectivity index (χ4n) is 1.03. The SMILES string of the molecule is CCOCCC(C)(C)OCC(=O)NCC(N)=O. The van der Waals surface area contributed by atoms with Gasteiger partial charge in [-0.15, -0.1) is 0 Å². The van der Waals surface area contributed by atoms with Crippen LogP contribution in [0.2, 0.25) is 0 Å². The van der Waals surface area contributed by atoms with Gasteiger partial charge in [0.15, 0.2) is 0 Å². The number of nitrogens with two attached hydrogens (primary N) is 1. The number of carbonyl (C=O) groups is 2. The number of hydrogen-bond donors (Lipinski definition) is 2. The first-order valence-corrected chi connectivity index (χ1v) is 5.64. The van der Waals surface area contributed by atoms with Crippen molar-refractivity contribution in [3.8, 4) is 0 Å². The molecule has 0 atom stereocenters. The van der Waals surface area contributed by atoms with Gasteiger partial charge in [-0.05, 0) is 27.2 Å². The molecule has 0 fully saturated rings. The van der Waals surface area contributed by atoms with Crippen molar-refractivity contribution in [2.45, 2.75) is 32.8 Å². The number of carbonyl (C=O) groups excluding carboxylic acids is 2. The Balaban J connectivity index is 3.76. The molecule has 0 radical (unpaired) electrons. The van der Waals surface area contributed by atoms with Crippen molar-refractivity contribution in [3.05, 3.63) is 0 Å². The van der Waals surface area contributed by atoms with Crippen molar-refractivity contribution < 1.29 is 19.1 Å². The van der Waals surface area contributed by atoms with Gasteiger partial charge in [0.25, 0.3) is 0 Å². The molecule has 2 amide bonds. The molecule has 0 heterocycles. The Hall–Kier alpha value is -1.14. The highest BCUT2D eigenvalue weighted by atomic mass is 16.5. The quantitative estimate of drug-likeness (QED) is 0.552. The predicted octanol–water partition coefficient (Wildman–Crippen LogP) is -0.190. The molecular weight excluding hydrogens is 224 g/mol. The minimum Gasteiger partial charge on any atom is -0.382 e. The van der Waals surface area contributed by atoms with Gasteiger partial charge in [0.05, 0.1) is 12.1 Å². The number of ether oxygens (including phenoxy) is 2. The second-order valence-electron chi connectivity index (χ2n) is 4.24. The van der Waals surface area contributed by atoms with Crippen LogP contribution in [0.4, 0.5) is 0 Å². The number of hydrogen-bond acceptors (Lipinski definition) is 4. The van der Waals surface area contributed by atoms with Crippen molar-refractivity contribution in [2.75, 3.05) is 26.4 Å². The van der Waals surface area contributed by atoms with E-state index in [-0.39, 0.29) is 19.1 Å². The van der Waals surface area contributed by atoms with Crippen molar-refractivity contribution in [2.24, 2.45) is 5.73 Å². The van der Waals surface area contributed by atoms with Crippen molar-refractivity contribution in [1.29, 1.82) is 0 Å². The Morgan fingerprint density at radius 1 is 1.35 bits per heavy atom. The van der Waals surface area contributed by atoms with Crippen molar-refractivity contribution in [3.63, 3.8) is 0 Å². The molecular formula is C11H22N2O4. The molecule has 0 saturated heterocycles. The summed E-state index contributed by atoms with van der Waals surface area (Å²) < 4.78 is 10.6. The summed E-state index contributed by atoms with van der Waals surface area (Å²) in [6.45, 7) is 6.68. The molecule has 0 saturated carbocycles. The van der Waals surface area contributed by atoms with E-state index >= 15 is 0 Å². The fraction of sp³-hybridized carbons (Fsp3) is 0.818. The monoisotopic (exact) mass is 246 g/mol. The molecule has 3 N–H and O–H groups in total. The lowest BCUT2D eigenvalue weighted by molar-refractivity contribution is -0.134. The minimum atomic E-state index is -0.575. The summed E-state index contributed by atoms with van der Waals surface area (Å²) in [7, 11) is 0. The zero-order valence-corrected chi connectivity index (χ0v) is 10.7. The van der Waals surface area contributed by atoms with Gasteiger partial charge >= 0.3 is 0 Å². The van der Waals surface area contributed by atoms with E-state index in [0.29, 0.717) is 19.6 Å². The molecule has 0 bridgehead atoms. The molecule has 100 valence electrons. The van der Waals surface area contributed by atoms with Crippen molar-refractivity contribution in [1.82, 2.24) is 5.32 Å². The third-order valence-corrected chi connectivity index (χ3v) is 2.11. The molecule has 17 heavy (non-hydrogen) atoms. The van der Waals surface area contributed by atoms with Crippen LogP contribution in [0, 0.1) is 0 Å². The van der Waals surface area contributed by atoms with Crippen LogP contribution in [-0.4, -0.2) is 43.8 Å². The molecule has 0 aromatic heterocycles. The van der Waals surface area contributed by atoms with Crippen LogP contribution in [0.25, 0.3) is 0 Å². The zero-order valence-electron chi connectivity index (χ0n) is 10.7. The molecule has 0 unspecified atom stereocenters.